The number of carbonyl (C=O) groups is 1. The molecule has 0 radical (unpaired) electrons. The zero-order valence-electron chi connectivity index (χ0n) is 12.9. The van der Waals surface area contributed by atoms with Crippen molar-refractivity contribution in [3.05, 3.63) is 64.7 Å². The molecule has 0 aliphatic rings. The zero-order valence-corrected chi connectivity index (χ0v) is 12.9. The normalized spacial score (nSPS) is 12.1. The number of amides is 1. The molecule has 1 N–H and O–H groups in total. The average molecular weight is 326 g/mol. The van der Waals surface area contributed by atoms with Crippen molar-refractivity contribution in [2.24, 2.45) is 0 Å². The van der Waals surface area contributed by atoms with Crippen molar-refractivity contribution in [2.45, 2.75) is 19.4 Å². The molecule has 1 heterocycles. The minimum atomic E-state index is -0.880. The van der Waals surface area contributed by atoms with Crippen molar-refractivity contribution in [3.63, 3.8) is 0 Å². The highest BCUT2D eigenvalue weighted by Crippen LogP contribution is 2.17. The lowest BCUT2D eigenvalue weighted by atomic mass is 10.2. The summed E-state index contributed by atoms with van der Waals surface area (Å²) in [7, 11) is 0. The van der Waals surface area contributed by atoms with E-state index in [9.17, 15) is 14.0 Å². The van der Waals surface area contributed by atoms with Gasteiger partial charge >= 0.3 is 0 Å². The number of nitrogens with zero attached hydrogens (tertiary/aromatic N) is 3. The van der Waals surface area contributed by atoms with E-state index < -0.39 is 23.3 Å². The molecule has 0 saturated heterocycles. The molecule has 0 aliphatic heterocycles. The minimum absolute atomic E-state index is 0.0581. The number of hydrogen-bond donors (Lipinski definition) is 1. The number of aromatic nitrogens is 3. The molecule has 0 spiro atoms. The van der Waals surface area contributed by atoms with Gasteiger partial charge in [-0.15, -0.1) is 5.10 Å². The Morgan fingerprint density at radius 3 is 2.67 bits per heavy atom. The first-order valence-corrected chi connectivity index (χ1v) is 7.51. The van der Waals surface area contributed by atoms with E-state index in [1.807, 2.05) is 0 Å². The maximum atomic E-state index is 13.7. The summed E-state index contributed by atoms with van der Waals surface area (Å²) in [5, 5.41) is 10.7. The largest absolute Gasteiger partial charge is 0.322 e. The summed E-state index contributed by atoms with van der Waals surface area (Å²) < 4.78 is 14.7. The molecule has 2 aromatic carbocycles. The Bertz CT molecular complexity index is 954. The van der Waals surface area contributed by atoms with Crippen molar-refractivity contribution in [1.29, 1.82) is 0 Å². The molecule has 3 rings (SSSR count). The van der Waals surface area contributed by atoms with Crippen LogP contribution in [0.4, 0.5) is 10.1 Å². The van der Waals surface area contributed by atoms with Gasteiger partial charge in [0.25, 0.3) is 5.56 Å². The molecule has 1 atom stereocenters. The van der Waals surface area contributed by atoms with Gasteiger partial charge in [-0.25, -0.2) is 4.39 Å². The summed E-state index contributed by atoms with van der Waals surface area (Å²) >= 11 is 0. The van der Waals surface area contributed by atoms with Crippen LogP contribution in [0.1, 0.15) is 19.4 Å². The number of para-hydroxylation sites is 1. The van der Waals surface area contributed by atoms with Gasteiger partial charge in [-0.2, -0.15) is 4.68 Å². The molecular weight excluding hydrogens is 311 g/mol. The second kappa shape index (κ2) is 6.57. The highest BCUT2D eigenvalue weighted by Gasteiger charge is 2.23. The number of anilines is 1. The number of fused-ring (bicyclic) bond motifs is 1. The molecule has 7 heteroatoms. The standard InChI is InChI=1S/C17H15FN4O2/c1-2-15(16(23)19-14-10-6-4-8-12(14)18)22-17(24)11-7-3-5-9-13(11)20-21-22/h3-10,15H,2H2,1H3,(H,19,23)/t15-/m0/s1. The molecule has 122 valence electrons. The van der Waals surface area contributed by atoms with E-state index in [0.717, 1.165) is 4.68 Å². The molecule has 0 aliphatic carbocycles. The third kappa shape index (κ3) is 2.88. The van der Waals surface area contributed by atoms with Crippen LogP contribution in [0.15, 0.2) is 53.3 Å². The van der Waals surface area contributed by atoms with Crippen LogP contribution in [-0.2, 0) is 4.79 Å². The van der Waals surface area contributed by atoms with Gasteiger partial charge in [-0.1, -0.05) is 36.4 Å². The van der Waals surface area contributed by atoms with Crippen LogP contribution in [0, 0.1) is 5.82 Å². The van der Waals surface area contributed by atoms with Crippen LogP contribution in [0.5, 0.6) is 0 Å². The molecule has 0 bridgehead atoms. The molecule has 6 nitrogen and oxygen atoms in total. The van der Waals surface area contributed by atoms with Gasteiger partial charge in [-0.05, 0) is 30.7 Å². The monoisotopic (exact) mass is 326 g/mol. The molecule has 0 fully saturated rings. The smallest absolute Gasteiger partial charge is 0.278 e. The highest BCUT2D eigenvalue weighted by atomic mass is 19.1. The lowest BCUT2D eigenvalue weighted by Crippen LogP contribution is -2.35. The Morgan fingerprint density at radius 2 is 1.92 bits per heavy atom. The second-order valence-corrected chi connectivity index (χ2v) is 5.25. The quantitative estimate of drug-likeness (QED) is 0.799. The molecule has 3 aromatic rings. The van der Waals surface area contributed by atoms with Gasteiger partial charge < -0.3 is 5.32 Å². The average Bonchev–Trinajstić information content (AvgIpc) is 2.60. The van der Waals surface area contributed by atoms with Crippen LogP contribution in [0.3, 0.4) is 0 Å². The van der Waals surface area contributed by atoms with E-state index in [4.69, 9.17) is 0 Å². The van der Waals surface area contributed by atoms with Crippen LogP contribution in [-0.4, -0.2) is 20.9 Å². The Kier molecular flexibility index (Phi) is 4.33. The molecule has 0 saturated carbocycles. The Balaban J connectivity index is 1.97. The third-order valence-corrected chi connectivity index (χ3v) is 3.71. The van der Waals surface area contributed by atoms with Crippen molar-refractivity contribution in [3.8, 4) is 0 Å². The summed E-state index contributed by atoms with van der Waals surface area (Å²) in [5.41, 5.74) is 0.113. The zero-order chi connectivity index (χ0) is 17.1. The first-order chi connectivity index (χ1) is 11.6. The highest BCUT2D eigenvalue weighted by molar-refractivity contribution is 5.93. The van der Waals surface area contributed by atoms with Crippen molar-refractivity contribution in [1.82, 2.24) is 15.0 Å². The van der Waals surface area contributed by atoms with Gasteiger partial charge in [0.1, 0.15) is 17.4 Å². The maximum absolute atomic E-state index is 13.7. The van der Waals surface area contributed by atoms with E-state index in [1.165, 1.54) is 18.2 Å². The summed E-state index contributed by atoms with van der Waals surface area (Å²) in [6.45, 7) is 1.74. The van der Waals surface area contributed by atoms with Crippen LogP contribution < -0.4 is 10.9 Å². The van der Waals surface area contributed by atoms with E-state index >= 15 is 0 Å². The molecule has 1 amide bonds. The van der Waals surface area contributed by atoms with Crippen LogP contribution in [0.2, 0.25) is 0 Å². The number of carbonyl (C=O) groups excluding carboxylic acids is 1. The summed E-state index contributed by atoms with van der Waals surface area (Å²) in [5.74, 6) is -1.06. The first-order valence-electron chi connectivity index (χ1n) is 7.51. The number of hydrogen-bond acceptors (Lipinski definition) is 4. The van der Waals surface area contributed by atoms with Gasteiger partial charge in [0.15, 0.2) is 0 Å². The van der Waals surface area contributed by atoms with Gasteiger partial charge in [0.05, 0.1) is 11.1 Å². The van der Waals surface area contributed by atoms with Crippen molar-refractivity contribution < 1.29 is 9.18 Å². The number of benzene rings is 2. The van der Waals surface area contributed by atoms with E-state index in [2.05, 4.69) is 15.6 Å². The maximum Gasteiger partial charge on any atom is 0.278 e. The predicted octanol–water partition coefficient (Wildman–Crippen LogP) is 2.52. The SMILES string of the molecule is CC[C@@H](C(=O)Nc1ccccc1F)n1nnc2ccccc2c1=O. The lowest BCUT2D eigenvalue weighted by molar-refractivity contribution is -0.119. The predicted molar refractivity (Wildman–Crippen MR) is 88.2 cm³/mol. The third-order valence-electron chi connectivity index (χ3n) is 3.71. The van der Waals surface area contributed by atoms with Crippen molar-refractivity contribution >= 4 is 22.5 Å². The van der Waals surface area contributed by atoms with E-state index in [1.54, 1.807) is 37.3 Å². The number of nitrogens with one attached hydrogen (secondary N) is 1. The van der Waals surface area contributed by atoms with E-state index in [-0.39, 0.29) is 5.69 Å². The second-order valence-electron chi connectivity index (χ2n) is 5.25. The van der Waals surface area contributed by atoms with Crippen molar-refractivity contribution in [2.75, 3.05) is 5.32 Å². The molecule has 1 aromatic heterocycles. The Hall–Kier alpha value is -3.09. The fourth-order valence-electron chi connectivity index (χ4n) is 2.45. The Morgan fingerprint density at radius 1 is 1.21 bits per heavy atom. The topological polar surface area (TPSA) is 76.9 Å². The summed E-state index contributed by atoms with van der Waals surface area (Å²) in [6, 6.07) is 11.7. The van der Waals surface area contributed by atoms with Crippen LogP contribution >= 0.6 is 0 Å². The van der Waals surface area contributed by atoms with Crippen LogP contribution in [0.25, 0.3) is 10.9 Å². The number of halogens is 1. The fourth-order valence-corrected chi connectivity index (χ4v) is 2.45. The first kappa shape index (κ1) is 15.8. The molecular formula is C17H15FN4O2. The van der Waals surface area contributed by atoms with E-state index in [0.29, 0.717) is 17.3 Å². The molecule has 0 unspecified atom stereocenters. The number of rotatable bonds is 4. The summed E-state index contributed by atoms with van der Waals surface area (Å²) in [6.07, 6.45) is 0.313. The van der Waals surface area contributed by atoms with Gasteiger partial charge in [0.2, 0.25) is 5.91 Å². The lowest BCUT2D eigenvalue weighted by Gasteiger charge is -2.16. The minimum Gasteiger partial charge on any atom is -0.322 e. The van der Waals surface area contributed by atoms with Gasteiger partial charge in [0, 0.05) is 0 Å². The fraction of sp³-hybridized carbons (Fsp3) is 0.176. The Labute approximate surface area is 136 Å². The molecule has 24 heavy (non-hydrogen) atoms. The van der Waals surface area contributed by atoms with Gasteiger partial charge in [-0.3, -0.25) is 9.59 Å². The summed E-state index contributed by atoms with van der Waals surface area (Å²) in [4.78, 5) is 25.0.